The van der Waals surface area contributed by atoms with Gasteiger partial charge >= 0.3 is 5.97 Å². The third-order valence-corrected chi connectivity index (χ3v) is 0.614. The predicted octanol–water partition coefficient (Wildman–Crippen LogP) is -0.599. The molecule has 0 saturated carbocycles. The fraction of sp³-hybridized carbons (Fsp3) is 0.800. The third-order valence-electron chi connectivity index (χ3n) is 0.614. The van der Waals surface area contributed by atoms with Gasteiger partial charge in [0.1, 0.15) is 6.54 Å². The zero-order valence-electron chi connectivity index (χ0n) is 5.68. The molecule has 4 nitrogen and oxygen atoms in total. The van der Waals surface area contributed by atoms with Gasteiger partial charge in [0.25, 0.3) is 0 Å². The molecule has 0 radical (unpaired) electrons. The van der Waals surface area contributed by atoms with E-state index in [1.165, 1.54) is 0 Å². The number of ether oxygens (including phenoxy) is 1. The maximum atomic E-state index is 10.5. The van der Waals surface area contributed by atoms with E-state index < -0.39 is 0 Å². The molecule has 0 amide bonds. The van der Waals surface area contributed by atoms with Crippen molar-refractivity contribution in [2.75, 3.05) is 6.54 Å². The second-order valence-corrected chi connectivity index (χ2v) is 1.92. The van der Waals surface area contributed by atoms with Crippen molar-refractivity contribution in [1.82, 2.24) is 5.43 Å². The number of hydrogen-bond acceptors (Lipinski definition) is 4. The van der Waals surface area contributed by atoms with Crippen LogP contribution >= 0.6 is 0 Å². The van der Waals surface area contributed by atoms with Crippen LogP contribution in [0, 0.1) is 0 Å². The van der Waals surface area contributed by atoms with E-state index in [0.717, 1.165) is 0 Å². The molecule has 0 heterocycles. The smallest absolute Gasteiger partial charge is 0.321 e. The highest BCUT2D eigenvalue weighted by atomic mass is 16.5. The highest BCUT2D eigenvalue weighted by Gasteiger charge is 2.01. The maximum absolute atomic E-state index is 10.5. The molecule has 0 bridgehead atoms. The fourth-order valence-electron chi connectivity index (χ4n) is 0.388. The number of nitrogens with two attached hydrogens (primary N) is 1. The average Bonchev–Trinajstić information content (AvgIpc) is 1.63. The van der Waals surface area contributed by atoms with Crippen molar-refractivity contribution in [2.45, 2.75) is 20.0 Å². The van der Waals surface area contributed by atoms with Gasteiger partial charge in [0.15, 0.2) is 0 Å². The van der Waals surface area contributed by atoms with Gasteiger partial charge in [-0.3, -0.25) is 10.6 Å². The molecule has 0 atom stereocenters. The molecule has 3 N–H and O–H groups in total. The highest BCUT2D eigenvalue weighted by Crippen LogP contribution is 1.86. The van der Waals surface area contributed by atoms with Gasteiger partial charge in [0, 0.05) is 0 Å². The summed E-state index contributed by atoms with van der Waals surface area (Å²) in [5.74, 6) is 4.53. The topological polar surface area (TPSA) is 64.3 Å². The summed E-state index contributed by atoms with van der Waals surface area (Å²) in [6, 6.07) is 0. The fourth-order valence-corrected chi connectivity index (χ4v) is 0.388. The molecule has 0 aromatic heterocycles. The van der Waals surface area contributed by atoms with E-state index in [9.17, 15) is 4.79 Å². The summed E-state index contributed by atoms with van der Waals surface area (Å²) in [4.78, 5) is 10.5. The van der Waals surface area contributed by atoms with Crippen molar-refractivity contribution in [1.29, 1.82) is 0 Å². The first-order valence-corrected chi connectivity index (χ1v) is 2.79. The first-order valence-electron chi connectivity index (χ1n) is 2.79. The highest BCUT2D eigenvalue weighted by molar-refractivity contribution is 5.71. The molecule has 0 aliphatic heterocycles. The van der Waals surface area contributed by atoms with E-state index in [-0.39, 0.29) is 18.6 Å². The van der Waals surface area contributed by atoms with E-state index in [1.807, 2.05) is 0 Å². The molecular formula is C5H12N2O2. The number of esters is 1. The van der Waals surface area contributed by atoms with Crippen LogP contribution in [0.2, 0.25) is 0 Å². The van der Waals surface area contributed by atoms with E-state index in [2.05, 4.69) is 5.43 Å². The van der Waals surface area contributed by atoms with Crippen LogP contribution in [-0.4, -0.2) is 18.6 Å². The first-order chi connectivity index (χ1) is 4.16. The van der Waals surface area contributed by atoms with Gasteiger partial charge in [-0.15, -0.1) is 0 Å². The molecule has 4 heteroatoms. The Balaban J connectivity index is 3.27. The molecule has 0 spiro atoms. The lowest BCUT2D eigenvalue weighted by Crippen LogP contribution is -2.31. The van der Waals surface area contributed by atoms with Gasteiger partial charge < -0.3 is 4.74 Å². The summed E-state index contributed by atoms with van der Waals surface area (Å²) < 4.78 is 4.71. The van der Waals surface area contributed by atoms with E-state index in [4.69, 9.17) is 10.6 Å². The first kappa shape index (κ1) is 8.39. The molecule has 0 aromatic rings. The van der Waals surface area contributed by atoms with Crippen molar-refractivity contribution >= 4 is 5.97 Å². The van der Waals surface area contributed by atoms with Crippen LogP contribution in [0.3, 0.4) is 0 Å². The van der Waals surface area contributed by atoms with Crippen molar-refractivity contribution in [3.63, 3.8) is 0 Å². The van der Waals surface area contributed by atoms with Crippen LogP contribution in [0.1, 0.15) is 13.8 Å². The number of carbonyl (C=O) groups is 1. The number of carbonyl (C=O) groups excluding carboxylic acids is 1. The molecule has 0 fully saturated rings. The lowest BCUT2D eigenvalue weighted by molar-refractivity contribution is -0.146. The van der Waals surface area contributed by atoms with Crippen LogP contribution in [0.5, 0.6) is 0 Å². The third kappa shape index (κ3) is 5.26. The average molecular weight is 132 g/mol. The molecule has 0 aromatic carbocycles. The second-order valence-electron chi connectivity index (χ2n) is 1.92. The molecule has 0 saturated heterocycles. The van der Waals surface area contributed by atoms with Gasteiger partial charge in [-0.1, -0.05) is 0 Å². The quantitative estimate of drug-likeness (QED) is 0.306. The predicted molar refractivity (Wildman–Crippen MR) is 33.4 cm³/mol. The maximum Gasteiger partial charge on any atom is 0.321 e. The van der Waals surface area contributed by atoms with Crippen LogP contribution in [0.4, 0.5) is 0 Å². The number of nitrogens with one attached hydrogen (secondary N) is 1. The van der Waals surface area contributed by atoms with Crippen molar-refractivity contribution in [2.24, 2.45) is 5.84 Å². The second kappa shape index (κ2) is 4.29. The minimum Gasteiger partial charge on any atom is -0.462 e. The van der Waals surface area contributed by atoms with Crippen LogP contribution in [0.25, 0.3) is 0 Å². The molecule has 54 valence electrons. The Bertz CT molecular complexity index is 93.0. The van der Waals surface area contributed by atoms with Gasteiger partial charge in [0.2, 0.25) is 0 Å². The minimum absolute atomic E-state index is 0.0640. The Labute approximate surface area is 54.3 Å². The number of hydrazine groups is 1. The Hall–Kier alpha value is -0.610. The summed E-state index contributed by atoms with van der Waals surface area (Å²) in [6.07, 6.45) is -0.0640. The molecule has 9 heavy (non-hydrogen) atoms. The Kier molecular flexibility index (Phi) is 4.00. The van der Waals surface area contributed by atoms with E-state index in [1.54, 1.807) is 13.8 Å². The summed E-state index contributed by atoms with van der Waals surface area (Å²) in [5, 5.41) is 0. The summed E-state index contributed by atoms with van der Waals surface area (Å²) in [7, 11) is 0. The monoisotopic (exact) mass is 132 g/mol. The lowest BCUT2D eigenvalue weighted by atomic mass is 10.5. The molecule has 0 aliphatic carbocycles. The van der Waals surface area contributed by atoms with E-state index >= 15 is 0 Å². The zero-order valence-corrected chi connectivity index (χ0v) is 5.68. The normalized spacial score (nSPS) is 9.78. The minimum atomic E-state index is -0.326. The van der Waals surface area contributed by atoms with Gasteiger partial charge in [0.05, 0.1) is 6.10 Å². The molecule has 0 aliphatic rings. The standard InChI is InChI=1S/C5H12N2O2/c1-4(2)9-5(8)3-7-6/h4,7H,3,6H2,1-2H3. The van der Waals surface area contributed by atoms with Gasteiger partial charge in [-0.2, -0.15) is 0 Å². The summed E-state index contributed by atoms with van der Waals surface area (Å²) >= 11 is 0. The molecular weight excluding hydrogens is 120 g/mol. The van der Waals surface area contributed by atoms with Crippen molar-refractivity contribution in [3.05, 3.63) is 0 Å². The summed E-state index contributed by atoms with van der Waals surface area (Å²) in [6.45, 7) is 3.64. The SMILES string of the molecule is CC(C)OC(=O)CNN. The number of hydrogen-bond donors (Lipinski definition) is 2. The Morgan fingerprint density at radius 1 is 1.78 bits per heavy atom. The van der Waals surface area contributed by atoms with E-state index in [0.29, 0.717) is 0 Å². The zero-order chi connectivity index (χ0) is 7.28. The van der Waals surface area contributed by atoms with Crippen molar-refractivity contribution in [3.8, 4) is 0 Å². The van der Waals surface area contributed by atoms with Gasteiger partial charge in [-0.25, -0.2) is 5.43 Å². The van der Waals surface area contributed by atoms with Crippen LogP contribution in [0.15, 0.2) is 0 Å². The number of rotatable bonds is 3. The summed E-state index contributed by atoms with van der Waals surface area (Å²) in [5.41, 5.74) is 2.20. The lowest BCUT2D eigenvalue weighted by Gasteiger charge is -2.05. The Morgan fingerprint density at radius 2 is 2.33 bits per heavy atom. The van der Waals surface area contributed by atoms with Gasteiger partial charge in [-0.05, 0) is 13.8 Å². The molecule has 0 rings (SSSR count). The van der Waals surface area contributed by atoms with Crippen molar-refractivity contribution < 1.29 is 9.53 Å². The van der Waals surface area contributed by atoms with Crippen LogP contribution in [-0.2, 0) is 9.53 Å². The Morgan fingerprint density at radius 3 is 2.67 bits per heavy atom. The molecule has 0 unspecified atom stereocenters. The largest absolute Gasteiger partial charge is 0.462 e. The van der Waals surface area contributed by atoms with Crippen LogP contribution < -0.4 is 11.3 Å².